The van der Waals surface area contributed by atoms with Gasteiger partial charge in [0.25, 0.3) is 0 Å². The fraction of sp³-hybridized carbons (Fsp3) is 0.133. The number of halogens is 2. The molecule has 0 saturated heterocycles. The van der Waals surface area contributed by atoms with Gasteiger partial charge in [0.1, 0.15) is 5.82 Å². The second kappa shape index (κ2) is 4.80. The summed E-state index contributed by atoms with van der Waals surface area (Å²) in [6.45, 7) is 0. The maximum atomic E-state index is 13.1. The minimum Gasteiger partial charge on any atom is -0.431 e. The van der Waals surface area contributed by atoms with E-state index in [2.05, 4.69) is 5.32 Å². The highest BCUT2D eigenvalue weighted by Gasteiger charge is 2.43. The highest BCUT2D eigenvalue weighted by Crippen LogP contribution is 2.42. The van der Waals surface area contributed by atoms with Crippen molar-refractivity contribution in [1.29, 1.82) is 0 Å². The Morgan fingerprint density at radius 3 is 2.55 bits per heavy atom. The van der Waals surface area contributed by atoms with Gasteiger partial charge in [-0.15, -0.1) is 11.6 Å². The number of rotatable bonds is 2. The lowest BCUT2D eigenvalue weighted by atomic mass is 9.85. The van der Waals surface area contributed by atoms with Crippen molar-refractivity contribution in [3.05, 3.63) is 65.5 Å². The van der Waals surface area contributed by atoms with E-state index in [0.29, 0.717) is 11.3 Å². The predicted octanol–water partition coefficient (Wildman–Crippen LogP) is 3.87. The lowest BCUT2D eigenvalue weighted by Gasteiger charge is -2.37. The number of carbonyl (C=O) groups is 1. The van der Waals surface area contributed by atoms with Crippen molar-refractivity contribution in [2.24, 2.45) is 0 Å². The molecule has 1 aliphatic rings. The lowest BCUT2D eigenvalue weighted by molar-refractivity contribution is 0.0610. The van der Waals surface area contributed by atoms with E-state index in [9.17, 15) is 9.18 Å². The standard InChI is InChI=1S/C15H11ClFNO2/c16-9-15(10-5-7-11(17)8-6-10)12-3-1-2-4-13(12)18-14(19)20-15/h1-8H,9H2,(H,18,19)/t15-/m0/s1. The highest BCUT2D eigenvalue weighted by molar-refractivity contribution is 6.19. The van der Waals surface area contributed by atoms with Gasteiger partial charge in [0.05, 0.1) is 11.6 Å². The van der Waals surface area contributed by atoms with E-state index in [1.165, 1.54) is 12.1 Å². The molecule has 3 rings (SSSR count). The van der Waals surface area contributed by atoms with E-state index in [1.54, 1.807) is 18.2 Å². The van der Waals surface area contributed by atoms with E-state index in [4.69, 9.17) is 16.3 Å². The van der Waals surface area contributed by atoms with E-state index < -0.39 is 11.7 Å². The molecule has 0 saturated carbocycles. The van der Waals surface area contributed by atoms with E-state index in [0.717, 1.165) is 5.56 Å². The minimum absolute atomic E-state index is 0.0447. The van der Waals surface area contributed by atoms with Gasteiger partial charge in [0.15, 0.2) is 5.60 Å². The third kappa shape index (κ3) is 1.93. The fourth-order valence-electron chi connectivity index (χ4n) is 2.40. The average molecular weight is 292 g/mol. The molecule has 0 fully saturated rings. The first-order valence-electron chi connectivity index (χ1n) is 6.07. The number of amides is 1. The van der Waals surface area contributed by atoms with E-state index in [-0.39, 0.29) is 11.7 Å². The zero-order valence-corrected chi connectivity index (χ0v) is 11.2. The molecule has 2 aromatic carbocycles. The van der Waals surface area contributed by atoms with Gasteiger partial charge < -0.3 is 4.74 Å². The molecule has 102 valence electrons. The van der Waals surface area contributed by atoms with E-state index in [1.807, 2.05) is 18.2 Å². The zero-order chi connectivity index (χ0) is 14.2. The molecule has 1 heterocycles. The Hall–Kier alpha value is -2.07. The van der Waals surface area contributed by atoms with Crippen LogP contribution in [-0.2, 0) is 10.3 Å². The average Bonchev–Trinajstić information content (AvgIpc) is 2.47. The Bertz CT molecular complexity index is 659. The maximum Gasteiger partial charge on any atom is 0.412 e. The van der Waals surface area contributed by atoms with Crippen LogP contribution < -0.4 is 5.32 Å². The second-order valence-electron chi connectivity index (χ2n) is 4.53. The molecular formula is C15H11ClFNO2. The summed E-state index contributed by atoms with van der Waals surface area (Å²) in [7, 11) is 0. The highest BCUT2D eigenvalue weighted by atomic mass is 35.5. The third-order valence-electron chi connectivity index (χ3n) is 3.36. The smallest absolute Gasteiger partial charge is 0.412 e. The number of cyclic esters (lactones) is 1. The van der Waals surface area contributed by atoms with Gasteiger partial charge in [-0.2, -0.15) is 0 Å². The first kappa shape index (κ1) is 12.9. The van der Waals surface area contributed by atoms with Crippen LogP contribution in [0.3, 0.4) is 0 Å². The number of anilines is 1. The molecule has 0 radical (unpaired) electrons. The topological polar surface area (TPSA) is 38.3 Å². The van der Waals surface area contributed by atoms with Crippen molar-refractivity contribution in [3.63, 3.8) is 0 Å². The van der Waals surface area contributed by atoms with Crippen LogP contribution in [0.5, 0.6) is 0 Å². The van der Waals surface area contributed by atoms with Gasteiger partial charge in [-0.05, 0) is 18.2 Å². The normalized spacial score (nSPS) is 20.8. The Kier molecular flexibility index (Phi) is 3.10. The van der Waals surface area contributed by atoms with Crippen LogP contribution in [0.25, 0.3) is 0 Å². The van der Waals surface area contributed by atoms with Crippen LogP contribution >= 0.6 is 11.6 Å². The summed E-state index contributed by atoms with van der Waals surface area (Å²) in [5.41, 5.74) is 0.930. The van der Waals surface area contributed by atoms with Crippen molar-refractivity contribution in [2.45, 2.75) is 5.60 Å². The molecule has 0 aromatic heterocycles. The van der Waals surface area contributed by atoms with Crippen LogP contribution in [0.2, 0.25) is 0 Å². The molecule has 0 bridgehead atoms. The second-order valence-corrected chi connectivity index (χ2v) is 4.79. The number of ether oxygens (including phenoxy) is 1. The largest absolute Gasteiger partial charge is 0.431 e. The Balaban J connectivity index is 2.22. The third-order valence-corrected chi connectivity index (χ3v) is 3.74. The van der Waals surface area contributed by atoms with Gasteiger partial charge in [-0.1, -0.05) is 30.3 Å². The molecule has 1 atom stereocenters. The molecule has 1 aliphatic heterocycles. The van der Waals surface area contributed by atoms with Gasteiger partial charge in [-0.3, -0.25) is 5.32 Å². The van der Waals surface area contributed by atoms with Crippen molar-refractivity contribution in [2.75, 3.05) is 11.2 Å². The summed E-state index contributed by atoms with van der Waals surface area (Å²) >= 11 is 6.11. The van der Waals surface area contributed by atoms with E-state index >= 15 is 0 Å². The number of nitrogens with one attached hydrogen (secondary N) is 1. The van der Waals surface area contributed by atoms with Crippen molar-refractivity contribution in [1.82, 2.24) is 0 Å². The quantitative estimate of drug-likeness (QED) is 0.853. The fourth-order valence-corrected chi connectivity index (χ4v) is 2.76. The number of carbonyl (C=O) groups excluding carboxylic acids is 1. The summed E-state index contributed by atoms with van der Waals surface area (Å²) < 4.78 is 18.6. The first-order valence-corrected chi connectivity index (χ1v) is 6.61. The van der Waals surface area contributed by atoms with Crippen LogP contribution in [0, 0.1) is 5.82 Å². The Morgan fingerprint density at radius 1 is 1.15 bits per heavy atom. The van der Waals surface area contributed by atoms with Crippen molar-refractivity contribution in [3.8, 4) is 0 Å². The molecule has 2 aromatic rings. The SMILES string of the molecule is O=C1Nc2ccccc2[C@](CCl)(c2ccc(F)cc2)O1. The molecule has 0 spiro atoms. The summed E-state index contributed by atoms with van der Waals surface area (Å²) in [4.78, 5) is 11.8. The Labute approximate surface area is 120 Å². The number of para-hydroxylation sites is 1. The molecule has 20 heavy (non-hydrogen) atoms. The number of fused-ring (bicyclic) bond motifs is 1. The number of alkyl halides is 1. The monoisotopic (exact) mass is 291 g/mol. The summed E-state index contributed by atoms with van der Waals surface area (Å²) in [6.07, 6.45) is -0.575. The minimum atomic E-state index is -1.10. The van der Waals surface area contributed by atoms with Crippen LogP contribution in [0.1, 0.15) is 11.1 Å². The van der Waals surface area contributed by atoms with Crippen molar-refractivity contribution >= 4 is 23.4 Å². The predicted molar refractivity (Wildman–Crippen MR) is 74.4 cm³/mol. The molecule has 1 amide bonds. The lowest BCUT2D eigenvalue weighted by Crippen LogP contribution is -2.42. The molecule has 0 unspecified atom stereocenters. The molecular weight excluding hydrogens is 281 g/mol. The molecule has 0 aliphatic carbocycles. The number of hydrogen-bond acceptors (Lipinski definition) is 2. The summed E-state index contributed by atoms with van der Waals surface area (Å²) in [5.74, 6) is -0.310. The van der Waals surface area contributed by atoms with Crippen LogP contribution in [0.15, 0.2) is 48.5 Å². The molecule has 1 N–H and O–H groups in total. The number of hydrogen-bond donors (Lipinski definition) is 1. The van der Waals surface area contributed by atoms with Crippen LogP contribution in [-0.4, -0.2) is 12.0 Å². The van der Waals surface area contributed by atoms with Gasteiger partial charge >= 0.3 is 6.09 Å². The van der Waals surface area contributed by atoms with Gasteiger partial charge in [0, 0.05) is 11.1 Å². The zero-order valence-electron chi connectivity index (χ0n) is 10.4. The van der Waals surface area contributed by atoms with Gasteiger partial charge in [0.2, 0.25) is 0 Å². The Morgan fingerprint density at radius 2 is 1.85 bits per heavy atom. The van der Waals surface area contributed by atoms with Crippen molar-refractivity contribution < 1.29 is 13.9 Å². The number of benzene rings is 2. The summed E-state index contributed by atoms with van der Waals surface area (Å²) in [5, 5.41) is 2.64. The summed E-state index contributed by atoms with van der Waals surface area (Å²) in [6, 6.07) is 13.1. The molecule has 3 nitrogen and oxygen atoms in total. The maximum absolute atomic E-state index is 13.1. The first-order chi connectivity index (χ1) is 9.65. The van der Waals surface area contributed by atoms with Gasteiger partial charge in [-0.25, -0.2) is 9.18 Å². The molecule has 5 heteroatoms. The van der Waals surface area contributed by atoms with Crippen LogP contribution in [0.4, 0.5) is 14.9 Å².